The zero-order valence-electron chi connectivity index (χ0n) is 25.6. The van der Waals surface area contributed by atoms with Gasteiger partial charge in [0.05, 0.1) is 12.3 Å². The van der Waals surface area contributed by atoms with E-state index in [-0.39, 0.29) is 11.8 Å². The molecular formula is C36H42N2O4S. The van der Waals surface area contributed by atoms with Gasteiger partial charge in [0.15, 0.2) is 0 Å². The largest absolute Gasteiger partial charge is 0.494 e. The van der Waals surface area contributed by atoms with Crippen LogP contribution in [0.15, 0.2) is 78.2 Å². The Kier molecular flexibility index (Phi) is 11.1. The van der Waals surface area contributed by atoms with E-state index in [1.165, 1.54) is 25.7 Å². The average Bonchev–Trinajstić information content (AvgIpc) is 3.49. The molecule has 6 nitrogen and oxygen atoms in total. The number of carbonyl (C=O) groups excluding carboxylic acids is 1. The third kappa shape index (κ3) is 9.26. The van der Waals surface area contributed by atoms with Gasteiger partial charge in [0.2, 0.25) is 0 Å². The second kappa shape index (κ2) is 15.0. The quantitative estimate of drug-likeness (QED) is 0.142. The van der Waals surface area contributed by atoms with Gasteiger partial charge in [0.25, 0.3) is 5.91 Å². The summed E-state index contributed by atoms with van der Waals surface area (Å²) in [7, 11) is 0. The summed E-state index contributed by atoms with van der Waals surface area (Å²) in [5, 5.41) is 15.4. The van der Waals surface area contributed by atoms with Crippen molar-refractivity contribution in [3.63, 3.8) is 0 Å². The molecule has 0 bridgehead atoms. The topological polar surface area (TPSA) is 88.5 Å². The van der Waals surface area contributed by atoms with Gasteiger partial charge in [-0.1, -0.05) is 89.8 Å². The number of hydrogen-bond donors (Lipinski definition) is 2. The van der Waals surface area contributed by atoms with Crippen LogP contribution in [0.3, 0.4) is 0 Å². The molecule has 0 spiro atoms. The molecule has 1 aromatic heterocycles. The van der Waals surface area contributed by atoms with Crippen molar-refractivity contribution < 1.29 is 19.4 Å². The first kappa shape index (κ1) is 32.0. The molecule has 43 heavy (non-hydrogen) atoms. The number of carboxylic acids is 1. The first-order valence-electron chi connectivity index (χ1n) is 15.1. The summed E-state index contributed by atoms with van der Waals surface area (Å²) in [6.07, 6.45) is 6.26. The normalized spacial score (nSPS) is 12.1. The molecule has 0 fully saturated rings. The number of carbonyl (C=O) groups is 2. The van der Waals surface area contributed by atoms with E-state index in [0.29, 0.717) is 5.56 Å². The van der Waals surface area contributed by atoms with Gasteiger partial charge >= 0.3 is 5.97 Å². The number of rotatable bonds is 14. The second-order valence-electron chi connectivity index (χ2n) is 11.9. The molecular weight excluding hydrogens is 556 g/mol. The minimum absolute atomic E-state index is 0.0292. The Morgan fingerprint density at radius 2 is 1.53 bits per heavy atom. The summed E-state index contributed by atoms with van der Waals surface area (Å²) in [5.74, 6) is -0.598. The highest BCUT2D eigenvalue weighted by molar-refractivity contribution is 7.13. The van der Waals surface area contributed by atoms with Gasteiger partial charge in [-0.05, 0) is 59.4 Å². The number of aromatic nitrogens is 1. The fourth-order valence-electron chi connectivity index (χ4n) is 4.74. The van der Waals surface area contributed by atoms with Crippen LogP contribution < -0.4 is 10.1 Å². The van der Waals surface area contributed by atoms with Crippen LogP contribution in [-0.4, -0.2) is 34.6 Å². The fraction of sp³-hybridized carbons (Fsp3) is 0.361. The van der Waals surface area contributed by atoms with Crippen molar-refractivity contribution in [3.8, 4) is 27.6 Å². The van der Waals surface area contributed by atoms with Crippen LogP contribution in [0, 0.1) is 0 Å². The lowest BCUT2D eigenvalue weighted by atomic mass is 9.86. The van der Waals surface area contributed by atoms with E-state index in [1.807, 2.05) is 66.0 Å². The van der Waals surface area contributed by atoms with E-state index in [4.69, 9.17) is 9.72 Å². The van der Waals surface area contributed by atoms with E-state index in [1.54, 1.807) is 23.5 Å². The zero-order valence-corrected chi connectivity index (χ0v) is 26.4. The maximum absolute atomic E-state index is 12.8. The van der Waals surface area contributed by atoms with Crippen LogP contribution in [0.1, 0.15) is 81.3 Å². The summed E-state index contributed by atoms with van der Waals surface area (Å²) in [6.45, 7) is 9.27. The second-order valence-corrected chi connectivity index (χ2v) is 12.8. The van der Waals surface area contributed by atoms with Crippen molar-refractivity contribution in [2.45, 2.75) is 77.7 Å². The molecule has 7 heteroatoms. The van der Waals surface area contributed by atoms with E-state index in [9.17, 15) is 14.7 Å². The van der Waals surface area contributed by atoms with Gasteiger partial charge < -0.3 is 15.2 Å². The van der Waals surface area contributed by atoms with Gasteiger partial charge in [-0.2, -0.15) is 0 Å². The van der Waals surface area contributed by atoms with Crippen molar-refractivity contribution in [2.24, 2.45) is 0 Å². The maximum atomic E-state index is 12.8. The number of thiazole rings is 1. The number of nitrogens with zero attached hydrogens (tertiary/aromatic N) is 1. The van der Waals surface area contributed by atoms with Crippen LogP contribution in [0.4, 0.5) is 0 Å². The summed E-state index contributed by atoms with van der Waals surface area (Å²) in [5.41, 5.74) is 5.18. The maximum Gasteiger partial charge on any atom is 0.326 e. The molecule has 4 rings (SSSR count). The van der Waals surface area contributed by atoms with E-state index >= 15 is 0 Å². The van der Waals surface area contributed by atoms with Crippen molar-refractivity contribution >= 4 is 23.2 Å². The molecule has 1 amide bonds. The number of carboxylic acid groups (broad SMARTS) is 1. The molecule has 0 saturated heterocycles. The molecule has 0 saturated carbocycles. The van der Waals surface area contributed by atoms with Gasteiger partial charge in [-0.25, -0.2) is 9.78 Å². The van der Waals surface area contributed by atoms with Crippen molar-refractivity contribution in [3.05, 3.63) is 94.9 Å². The number of nitrogens with one attached hydrogen (secondary N) is 1. The average molecular weight is 599 g/mol. The van der Waals surface area contributed by atoms with E-state index < -0.39 is 17.9 Å². The molecule has 1 atom stereocenters. The van der Waals surface area contributed by atoms with Crippen molar-refractivity contribution in [1.29, 1.82) is 0 Å². The van der Waals surface area contributed by atoms with Crippen molar-refractivity contribution in [1.82, 2.24) is 10.3 Å². The standard InChI is InChI=1S/C36H42N2O4S/c1-5-6-7-8-9-22-42-30-20-16-28(17-21-30)34-38-32(24-43-34)26-12-10-25(11-13-26)23-31(35(40)41)37-33(39)27-14-18-29(19-15-27)36(2,3)4/h10-21,24,31H,5-9,22-23H2,1-4H3,(H,37,39)(H,40,41)/t31-/m0/s1. The number of benzene rings is 3. The Bertz CT molecular complexity index is 1470. The third-order valence-electron chi connectivity index (χ3n) is 7.43. The SMILES string of the molecule is CCCCCCCOc1ccc(-c2nc(-c3ccc(C[C@H](NC(=O)c4ccc(C(C)(C)C)cc4)C(=O)O)cc3)cs2)cc1. The molecule has 0 aliphatic carbocycles. The Balaban J connectivity index is 1.33. The summed E-state index contributed by atoms with van der Waals surface area (Å²) >= 11 is 1.58. The Morgan fingerprint density at radius 1 is 0.884 bits per heavy atom. The molecule has 0 aliphatic heterocycles. The molecule has 226 valence electrons. The zero-order chi connectivity index (χ0) is 30.8. The van der Waals surface area contributed by atoms with E-state index in [2.05, 4.69) is 33.0 Å². The minimum Gasteiger partial charge on any atom is -0.494 e. The number of aliphatic carboxylic acids is 1. The summed E-state index contributed by atoms with van der Waals surface area (Å²) in [4.78, 5) is 29.6. The lowest BCUT2D eigenvalue weighted by molar-refractivity contribution is -0.139. The monoisotopic (exact) mass is 598 g/mol. The van der Waals surface area contributed by atoms with Crippen molar-refractivity contribution in [2.75, 3.05) is 6.61 Å². The lowest BCUT2D eigenvalue weighted by Crippen LogP contribution is -2.42. The Morgan fingerprint density at radius 3 is 2.16 bits per heavy atom. The number of amides is 1. The molecule has 0 aliphatic rings. The van der Waals surface area contributed by atoms with Gasteiger partial charge in [0, 0.05) is 28.5 Å². The fourth-order valence-corrected chi connectivity index (χ4v) is 5.57. The summed E-state index contributed by atoms with van der Waals surface area (Å²) in [6, 6.07) is 22.0. The molecule has 4 aromatic rings. The predicted molar refractivity (Wildman–Crippen MR) is 175 cm³/mol. The Hall–Kier alpha value is -3.97. The number of ether oxygens (including phenoxy) is 1. The van der Waals surface area contributed by atoms with Crippen LogP contribution in [0.2, 0.25) is 0 Å². The minimum atomic E-state index is -1.07. The first-order chi connectivity index (χ1) is 20.6. The summed E-state index contributed by atoms with van der Waals surface area (Å²) < 4.78 is 5.89. The van der Waals surface area contributed by atoms with Crippen LogP contribution >= 0.6 is 11.3 Å². The van der Waals surface area contributed by atoms with Crippen LogP contribution in [0.25, 0.3) is 21.8 Å². The van der Waals surface area contributed by atoms with Crippen LogP contribution in [-0.2, 0) is 16.6 Å². The van der Waals surface area contributed by atoms with Gasteiger partial charge in [0.1, 0.15) is 16.8 Å². The van der Waals surface area contributed by atoms with E-state index in [0.717, 1.165) is 51.7 Å². The molecule has 1 heterocycles. The van der Waals surface area contributed by atoms with Crippen LogP contribution in [0.5, 0.6) is 5.75 Å². The first-order valence-corrected chi connectivity index (χ1v) is 15.9. The predicted octanol–water partition coefficient (Wildman–Crippen LogP) is 8.55. The highest BCUT2D eigenvalue weighted by Gasteiger charge is 2.22. The smallest absolute Gasteiger partial charge is 0.326 e. The number of unbranched alkanes of at least 4 members (excludes halogenated alkanes) is 4. The Labute approximate surface area is 259 Å². The van der Waals surface area contributed by atoms with Gasteiger partial charge in [-0.15, -0.1) is 11.3 Å². The highest BCUT2D eigenvalue weighted by atomic mass is 32.1. The molecule has 0 unspecified atom stereocenters. The van der Waals surface area contributed by atoms with Gasteiger partial charge in [-0.3, -0.25) is 4.79 Å². The molecule has 0 radical (unpaired) electrons. The number of hydrogen-bond acceptors (Lipinski definition) is 5. The molecule has 3 aromatic carbocycles. The lowest BCUT2D eigenvalue weighted by Gasteiger charge is -2.19. The highest BCUT2D eigenvalue weighted by Crippen LogP contribution is 2.30. The third-order valence-corrected chi connectivity index (χ3v) is 8.32. The molecule has 2 N–H and O–H groups in total.